The van der Waals surface area contributed by atoms with Crippen LogP contribution in [0.25, 0.3) is 11.0 Å². The quantitative estimate of drug-likeness (QED) is 0.731. The van der Waals surface area contributed by atoms with E-state index in [2.05, 4.69) is 29.1 Å². The molecule has 0 unspecified atom stereocenters. The van der Waals surface area contributed by atoms with Crippen molar-refractivity contribution >= 4 is 11.0 Å². The van der Waals surface area contributed by atoms with Crippen LogP contribution in [-0.4, -0.2) is 16.5 Å². The number of aromatic amines is 2. The molecule has 1 heterocycles. The number of H-pyrrole nitrogens is 2. The Labute approximate surface area is 94.1 Å². The first-order valence-corrected chi connectivity index (χ1v) is 5.57. The molecule has 0 atom stereocenters. The van der Waals surface area contributed by atoms with Crippen LogP contribution in [0.4, 0.5) is 0 Å². The molecule has 0 amide bonds. The summed E-state index contributed by atoms with van der Waals surface area (Å²) in [5.41, 5.74) is 2.76. The highest BCUT2D eigenvalue weighted by molar-refractivity contribution is 5.74. The molecule has 0 saturated carbocycles. The third-order valence-electron chi connectivity index (χ3n) is 2.46. The van der Waals surface area contributed by atoms with Crippen molar-refractivity contribution in [3.8, 4) is 0 Å². The predicted octanol–water partition coefficient (Wildman–Crippen LogP) is 1.60. The number of hydrogen-bond donors (Lipinski definition) is 3. The Morgan fingerprint density at radius 3 is 2.75 bits per heavy atom. The minimum atomic E-state index is -0.151. The molecule has 2 aromatic rings. The molecule has 3 N–H and O–H groups in total. The third-order valence-corrected chi connectivity index (χ3v) is 2.46. The van der Waals surface area contributed by atoms with Gasteiger partial charge in [-0.2, -0.15) is 0 Å². The van der Waals surface area contributed by atoms with Gasteiger partial charge in [0, 0.05) is 6.54 Å². The SMILES string of the molecule is CC(C)CNCc1ccc2[nH]c(=O)[nH]c2c1. The van der Waals surface area contributed by atoms with E-state index in [1.54, 1.807) is 0 Å². The topological polar surface area (TPSA) is 60.7 Å². The lowest BCUT2D eigenvalue weighted by atomic mass is 10.2. The van der Waals surface area contributed by atoms with Crippen LogP contribution in [0.2, 0.25) is 0 Å². The van der Waals surface area contributed by atoms with Crippen molar-refractivity contribution < 1.29 is 0 Å². The maximum Gasteiger partial charge on any atom is 0.323 e. The van der Waals surface area contributed by atoms with Gasteiger partial charge in [-0.1, -0.05) is 19.9 Å². The number of hydrogen-bond acceptors (Lipinski definition) is 2. The van der Waals surface area contributed by atoms with Crippen molar-refractivity contribution in [2.24, 2.45) is 5.92 Å². The molecule has 0 aliphatic rings. The second-order valence-electron chi connectivity index (χ2n) is 4.48. The van der Waals surface area contributed by atoms with Gasteiger partial charge in [-0.05, 0) is 30.2 Å². The molecule has 0 saturated heterocycles. The standard InChI is InChI=1S/C12H17N3O/c1-8(2)6-13-7-9-3-4-10-11(5-9)15-12(16)14-10/h3-5,8,13H,6-7H2,1-2H3,(H2,14,15,16). The van der Waals surface area contributed by atoms with E-state index in [-0.39, 0.29) is 5.69 Å². The number of benzene rings is 1. The molecule has 16 heavy (non-hydrogen) atoms. The van der Waals surface area contributed by atoms with Crippen LogP contribution in [-0.2, 0) is 6.54 Å². The lowest BCUT2D eigenvalue weighted by Gasteiger charge is -2.07. The summed E-state index contributed by atoms with van der Waals surface area (Å²) in [5, 5.41) is 3.37. The summed E-state index contributed by atoms with van der Waals surface area (Å²) in [7, 11) is 0. The van der Waals surface area contributed by atoms with Gasteiger partial charge < -0.3 is 15.3 Å². The Morgan fingerprint density at radius 1 is 1.25 bits per heavy atom. The summed E-state index contributed by atoms with van der Waals surface area (Å²) in [4.78, 5) is 16.6. The molecule has 0 spiro atoms. The van der Waals surface area contributed by atoms with Gasteiger partial charge >= 0.3 is 5.69 Å². The zero-order chi connectivity index (χ0) is 11.5. The van der Waals surface area contributed by atoms with E-state index in [1.807, 2.05) is 18.2 Å². The first-order valence-electron chi connectivity index (χ1n) is 5.57. The van der Waals surface area contributed by atoms with E-state index in [4.69, 9.17) is 0 Å². The van der Waals surface area contributed by atoms with E-state index < -0.39 is 0 Å². The van der Waals surface area contributed by atoms with Gasteiger partial charge in [0.25, 0.3) is 0 Å². The van der Waals surface area contributed by atoms with E-state index in [1.165, 1.54) is 5.56 Å². The third kappa shape index (κ3) is 2.52. The van der Waals surface area contributed by atoms with Crippen LogP contribution < -0.4 is 11.0 Å². The first-order chi connectivity index (χ1) is 7.65. The molecular weight excluding hydrogens is 202 g/mol. The lowest BCUT2D eigenvalue weighted by molar-refractivity contribution is 0.552. The van der Waals surface area contributed by atoms with Crippen LogP contribution in [0.5, 0.6) is 0 Å². The highest BCUT2D eigenvalue weighted by atomic mass is 16.1. The van der Waals surface area contributed by atoms with E-state index in [9.17, 15) is 4.79 Å². The number of aromatic nitrogens is 2. The average molecular weight is 219 g/mol. The number of fused-ring (bicyclic) bond motifs is 1. The Bertz CT molecular complexity index is 524. The molecule has 2 rings (SSSR count). The second kappa shape index (κ2) is 4.53. The minimum Gasteiger partial charge on any atom is -0.312 e. The second-order valence-corrected chi connectivity index (χ2v) is 4.48. The molecule has 0 aliphatic heterocycles. The van der Waals surface area contributed by atoms with Crippen molar-refractivity contribution in [1.29, 1.82) is 0 Å². The first kappa shape index (κ1) is 11.0. The Kier molecular flexibility index (Phi) is 3.10. The summed E-state index contributed by atoms with van der Waals surface area (Å²) in [5.74, 6) is 0.649. The van der Waals surface area contributed by atoms with Gasteiger partial charge in [0.15, 0.2) is 0 Å². The fraction of sp³-hybridized carbons (Fsp3) is 0.417. The van der Waals surface area contributed by atoms with Crippen LogP contribution >= 0.6 is 0 Å². The Balaban J connectivity index is 2.10. The van der Waals surface area contributed by atoms with Crippen molar-refractivity contribution in [2.75, 3.05) is 6.54 Å². The number of rotatable bonds is 4. The zero-order valence-electron chi connectivity index (χ0n) is 9.63. The van der Waals surface area contributed by atoms with Crippen molar-refractivity contribution in [1.82, 2.24) is 15.3 Å². The van der Waals surface area contributed by atoms with E-state index in [0.717, 1.165) is 24.1 Å². The summed E-state index contributed by atoms with van der Waals surface area (Å²) in [6, 6.07) is 5.96. The summed E-state index contributed by atoms with van der Waals surface area (Å²) in [6.45, 7) is 6.20. The van der Waals surface area contributed by atoms with Crippen LogP contribution in [0.1, 0.15) is 19.4 Å². The highest BCUT2D eigenvalue weighted by Gasteiger charge is 2.00. The molecular formula is C12H17N3O. The van der Waals surface area contributed by atoms with E-state index >= 15 is 0 Å². The van der Waals surface area contributed by atoms with Crippen LogP contribution in [0, 0.1) is 5.92 Å². The summed E-state index contributed by atoms with van der Waals surface area (Å²) >= 11 is 0. The Hall–Kier alpha value is -1.55. The minimum absolute atomic E-state index is 0.151. The van der Waals surface area contributed by atoms with Crippen molar-refractivity contribution in [3.63, 3.8) is 0 Å². The molecule has 1 aromatic heterocycles. The van der Waals surface area contributed by atoms with Gasteiger partial charge in [-0.25, -0.2) is 4.79 Å². The molecule has 1 aromatic carbocycles. The van der Waals surface area contributed by atoms with Crippen LogP contribution in [0.3, 0.4) is 0 Å². The molecule has 0 fully saturated rings. The monoisotopic (exact) mass is 219 g/mol. The normalized spacial score (nSPS) is 11.4. The maximum absolute atomic E-state index is 11.1. The lowest BCUT2D eigenvalue weighted by Crippen LogP contribution is -2.18. The van der Waals surface area contributed by atoms with Gasteiger partial charge in [0.05, 0.1) is 11.0 Å². The smallest absolute Gasteiger partial charge is 0.312 e. The molecule has 0 bridgehead atoms. The van der Waals surface area contributed by atoms with Gasteiger partial charge in [-0.3, -0.25) is 0 Å². The van der Waals surface area contributed by atoms with Gasteiger partial charge in [0.1, 0.15) is 0 Å². The molecule has 0 radical (unpaired) electrons. The average Bonchev–Trinajstić information content (AvgIpc) is 2.56. The summed E-state index contributed by atoms with van der Waals surface area (Å²) in [6.07, 6.45) is 0. The maximum atomic E-state index is 11.1. The molecule has 4 heteroatoms. The molecule has 4 nitrogen and oxygen atoms in total. The molecule has 0 aliphatic carbocycles. The largest absolute Gasteiger partial charge is 0.323 e. The van der Waals surface area contributed by atoms with Gasteiger partial charge in [-0.15, -0.1) is 0 Å². The fourth-order valence-corrected chi connectivity index (χ4v) is 1.69. The van der Waals surface area contributed by atoms with Gasteiger partial charge in [0.2, 0.25) is 0 Å². The Morgan fingerprint density at radius 2 is 2.00 bits per heavy atom. The predicted molar refractivity (Wildman–Crippen MR) is 65.5 cm³/mol. The fourth-order valence-electron chi connectivity index (χ4n) is 1.69. The van der Waals surface area contributed by atoms with Crippen LogP contribution in [0.15, 0.2) is 23.0 Å². The highest BCUT2D eigenvalue weighted by Crippen LogP contribution is 2.09. The van der Waals surface area contributed by atoms with Crippen molar-refractivity contribution in [3.05, 3.63) is 34.2 Å². The van der Waals surface area contributed by atoms with E-state index in [0.29, 0.717) is 5.92 Å². The number of nitrogens with one attached hydrogen (secondary N) is 3. The summed E-state index contributed by atoms with van der Waals surface area (Å²) < 4.78 is 0. The number of imidazole rings is 1. The molecule has 86 valence electrons. The zero-order valence-corrected chi connectivity index (χ0v) is 9.63. The van der Waals surface area contributed by atoms with Crippen molar-refractivity contribution in [2.45, 2.75) is 20.4 Å².